The van der Waals surface area contributed by atoms with Gasteiger partial charge in [0.05, 0.1) is 23.9 Å². The Morgan fingerprint density at radius 3 is 0.537 bits per heavy atom. The molecule has 0 unspecified atom stereocenters. The van der Waals surface area contributed by atoms with Gasteiger partial charge >= 0.3 is 0 Å². The summed E-state index contributed by atoms with van der Waals surface area (Å²) in [6, 6.07) is 155. The molecule has 0 N–H and O–H groups in total. The molecular formula is C90H86B2P2Si. The monoisotopic (exact) mass is 1280 g/mol. The highest BCUT2D eigenvalue weighted by atomic mass is 31.1. The average molecular weight is 1280 g/mol. The van der Waals surface area contributed by atoms with Crippen molar-refractivity contribution in [2.24, 2.45) is 0 Å². The summed E-state index contributed by atoms with van der Waals surface area (Å²) in [4.78, 5) is 0. The molecule has 0 aromatic heterocycles. The molecule has 0 amide bonds. The SMILES string of the molecule is CC[Si](CC)(CC)c1ccccc1[B-](c1ccccc1)(c1ccccc1)c1ccccc1.c1ccc([B-](c2ccccc2)(c2ccccc2)c2ccccc2)cc1.c1ccc([PH+](c2ccccc2)c2ccccc2)cc1.c1ccc([PH+](c2ccccc2)c2ccccc2)cc1. The highest BCUT2D eigenvalue weighted by Gasteiger charge is 2.39. The van der Waals surface area contributed by atoms with Crippen LogP contribution in [0.2, 0.25) is 18.1 Å². The van der Waals surface area contributed by atoms with Gasteiger partial charge < -0.3 is 0 Å². The van der Waals surface area contributed by atoms with Crippen LogP contribution in [-0.4, -0.2) is 20.4 Å². The Balaban J connectivity index is 0.000000132. The summed E-state index contributed by atoms with van der Waals surface area (Å²) in [6.45, 7) is 7.24. The van der Waals surface area contributed by atoms with Crippen LogP contribution in [0.4, 0.5) is 0 Å². The fraction of sp³-hybridized carbons (Fsp3) is 0.0667. The van der Waals surface area contributed by atoms with Crippen LogP contribution in [0, 0.1) is 0 Å². The predicted molar refractivity (Wildman–Crippen MR) is 430 cm³/mol. The van der Waals surface area contributed by atoms with Gasteiger partial charge in [-0.15, -0.1) is 0 Å². The van der Waals surface area contributed by atoms with Crippen molar-refractivity contribution in [2.45, 2.75) is 38.9 Å². The van der Waals surface area contributed by atoms with E-state index in [9.17, 15) is 0 Å². The summed E-state index contributed by atoms with van der Waals surface area (Å²) >= 11 is 0. The zero-order chi connectivity index (χ0) is 65.2. The minimum Gasteiger partial charge on any atom is -0.196 e. The van der Waals surface area contributed by atoms with E-state index in [4.69, 9.17) is 0 Å². The van der Waals surface area contributed by atoms with Crippen molar-refractivity contribution in [3.63, 3.8) is 0 Å². The summed E-state index contributed by atoms with van der Waals surface area (Å²) in [5.41, 5.74) is 11.1. The van der Waals surface area contributed by atoms with Crippen LogP contribution in [0.3, 0.4) is 0 Å². The van der Waals surface area contributed by atoms with Crippen LogP contribution in [0.15, 0.2) is 419 Å². The molecule has 95 heavy (non-hydrogen) atoms. The van der Waals surface area contributed by atoms with Gasteiger partial charge in [0.15, 0.2) is 0 Å². The second-order valence-electron chi connectivity index (χ2n) is 24.5. The Kier molecular flexibility index (Phi) is 23.8. The molecule has 0 spiro atoms. The van der Waals surface area contributed by atoms with Crippen LogP contribution >= 0.6 is 15.8 Å². The van der Waals surface area contributed by atoms with Crippen molar-refractivity contribution >= 4 is 117 Å². The van der Waals surface area contributed by atoms with Gasteiger partial charge in [-0.25, -0.2) is 0 Å². The molecule has 5 heteroatoms. The molecule has 0 aliphatic rings. The fourth-order valence-electron chi connectivity index (χ4n) is 14.8. The number of hydrogen-bond donors (Lipinski definition) is 0. The van der Waals surface area contributed by atoms with E-state index in [0.717, 1.165) is 0 Å². The molecule has 14 rings (SSSR count). The summed E-state index contributed by atoms with van der Waals surface area (Å²) in [7, 11) is -3.39. The maximum absolute atomic E-state index is 2.46. The minimum atomic E-state index is -1.63. The molecular weight excluding hydrogens is 1190 g/mol. The molecule has 0 fully saturated rings. The van der Waals surface area contributed by atoms with E-state index in [1.165, 1.54) is 93.7 Å². The topological polar surface area (TPSA) is 0 Å². The Morgan fingerprint density at radius 1 is 0.189 bits per heavy atom. The second kappa shape index (κ2) is 33.9. The number of rotatable bonds is 18. The highest BCUT2D eigenvalue weighted by molar-refractivity contribution is 7.80. The van der Waals surface area contributed by atoms with Crippen LogP contribution in [0.5, 0.6) is 0 Å². The second-order valence-corrected chi connectivity index (χ2v) is 34.7. The van der Waals surface area contributed by atoms with E-state index in [1.807, 2.05) is 0 Å². The van der Waals surface area contributed by atoms with Crippen LogP contribution < -0.4 is 80.7 Å². The van der Waals surface area contributed by atoms with E-state index >= 15 is 0 Å². The van der Waals surface area contributed by atoms with Gasteiger partial charge in [-0.1, -0.05) is 390 Å². The zero-order valence-corrected chi connectivity index (χ0v) is 58.1. The van der Waals surface area contributed by atoms with E-state index in [1.54, 1.807) is 5.19 Å². The molecule has 0 aliphatic carbocycles. The van der Waals surface area contributed by atoms with Gasteiger partial charge in [0.2, 0.25) is 0 Å². The lowest BCUT2D eigenvalue weighted by Crippen LogP contribution is -2.79. The van der Waals surface area contributed by atoms with Crippen molar-refractivity contribution in [1.82, 2.24) is 0 Å². The smallest absolute Gasteiger partial charge is 0.108 e. The van der Waals surface area contributed by atoms with E-state index < -0.39 is 36.2 Å². The van der Waals surface area contributed by atoms with Gasteiger partial charge in [0.1, 0.15) is 44.1 Å². The van der Waals surface area contributed by atoms with Crippen molar-refractivity contribution in [2.75, 3.05) is 0 Å². The minimum absolute atomic E-state index is 0.877. The largest absolute Gasteiger partial charge is 0.196 e. The molecule has 0 heterocycles. The van der Waals surface area contributed by atoms with Crippen LogP contribution in [-0.2, 0) is 0 Å². The van der Waals surface area contributed by atoms with E-state index in [-0.39, 0.29) is 0 Å². The van der Waals surface area contributed by atoms with Crippen molar-refractivity contribution in [1.29, 1.82) is 0 Å². The average Bonchev–Trinajstić information content (AvgIpc) is 0.731. The standard InChI is InChI=1S/C30H34BSi.C24H20B.2C18H15P/c1-4-32(5-2,6-3)30-25-17-16-24-29(30)31(26-18-10-7-11-19-26,27-20-12-8-13-21-27)28-22-14-9-15-23-28;1-5-13-21(14-6-1)25(22-15-7-2-8-16-22,23-17-9-3-10-18-23)24-19-11-4-12-20-24;2*1-4-10-16(11-5-1)19(17-12-6-2-7-13-17)18-14-8-3-9-15-18/h7-25H,4-6H2,1-3H3;1-20H;2*1-15H/q2*-1;;/p+2. The molecule has 0 bridgehead atoms. The third-order valence-corrected chi connectivity index (χ3v) is 30.6. The number of hydrogen-bond acceptors (Lipinski definition) is 0. The Hall–Kier alpha value is -9.71. The fourth-order valence-corrected chi connectivity index (χ4v) is 23.9. The summed E-state index contributed by atoms with van der Waals surface area (Å²) in [5, 5.41) is 10.3. The first kappa shape index (κ1) is 66.7. The van der Waals surface area contributed by atoms with Crippen molar-refractivity contribution in [3.8, 4) is 0 Å². The molecule has 14 aromatic rings. The van der Waals surface area contributed by atoms with Gasteiger partial charge in [-0.3, -0.25) is 0 Å². The number of benzene rings is 14. The van der Waals surface area contributed by atoms with E-state index in [2.05, 4.69) is 439 Å². The lowest BCUT2D eigenvalue weighted by molar-refractivity contribution is 1.20. The molecule has 466 valence electrons. The third kappa shape index (κ3) is 15.4. The molecule has 0 aliphatic heterocycles. The zero-order valence-electron chi connectivity index (χ0n) is 55.1. The maximum Gasteiger partial charge on any atom is 0.108 e. The first-order valence-electron chi connectivity index (χ1n) is 33.9. The van der Waals surface area contributed by atoms with Gasteiger partial charge in [-0.05, 0) is 72.8 Å². The summed E-state index contributed by atoms with van der Waals surface area (Å²) in [6.07, 6.45) is -2.52. The quantitative estimate of drug-likeness (QED) is 0.0593. The highest BCUT2D eigenvalue weighted by Crippen LogP contribution is 2.33. The lowest BCUT2D eigenvalue weighted by Gasteiger charge is -2.48. The Morgan fingerprint density at radius 2 is 0.347 bits per heavy atom. The van der Waals surface area contributed by atoms with Gasteiger partial charge in [0.25, 0.3) is 0 Å². The van der Waals surface area contributed by atoms with Crippen LogP contribution in [0.25, 0.3) is 0 Å². The Bertz CT molecular complexity index is 3860. The van der Waals surface area contributed by atoms with E-state index in [0.29, 0.717) is 0 Å². The third-order valence-electron chi connectivity index (χ3n) is 19.5. The summed E-state index contributed by atoms with van der Waals surface area (Å²) < 4.78 is 0. The molecule has 0 radical (unpaired) electrons. The van der Waals surface area contributed by atoms with Crippen LogP contribution in [0.1, 0.15) is 20.8 Å². The lowest BCUT2D eigenvalue weighted by atomic mass is 9.13. The first-order chi connectivity index (χ1) is 47.0. The summed E-state index contributed by atoms with van der Waals surface area (Å²) in [5.74, 6) is 0. The maximum atomic E-state index is 2.46. The van der Waals surface area contributed by atoms with Crippen molar-refractivity contribution in [3.05, 3.63) is 419 Å². The molecule has 0 saturated carbocycles. The molecule has 0 saturated heterocycles. The van der Waals surface area contributed by atoms with Gasteiger partial charge in [0, 0.05) is 0 Å². The normalized spacial score (nSPS) is 11.2. The molecule has 14 aromatic carbocycles. The Labute approximate surface area is 570 Å². The molecule has 0 atom stereocenters. The first-order valence-corrected chi connectivity index (χ1v) is 39.5. The van der Waals surface area contributed by atoms with Crippen molar-refractivity contribution < 1.29 is 0 Å². The predicted octanol–water partition coefficient (Wildman–Crippen LogP) is 14.2. The van der Waals surface area contributed by atoms with Gasteiger partial charge in [-0.2, -0.15) is 43.7 Å². The molecule has 0 nitrogen and oxygen atoms in total.